The van der Waals surface area contributed by atoms with Crippen LogP contribution in [0.4, 0.5) is 0 Å². The van der Waals surface area contributed by atoms with Crippen molar-refractivity contribution in [2.75, 3.05) is 19.8 Å². The van der Waals surface area contributed by atoms with E-state index in [2.05, 4.69) is 116 Å². The van der Waals surface area contributed by atoms with E-state index in [9.17, 15) is 14.8 Å². The van der Waals surface area contributed by atoms with Gasteiger partial charge in [-0.3, -0.25) is 13.6 Å². The smallest absolute Gasteiger partial charge is 0.405 e. The molecule has 0 radical (unpaired) electrons. The average molecular weight is 1410 g/mol. The summed E-state index contributed by atoms with van der Waals surface area (Å²) in [6.07, 6.45) is -7.88. The molecule has 2 heterocycles. The Bertz CT molecular complexity index is 4090. The van der Waals surface area contributed by atoms with E-state index in [1.807, 2.05) is 218 Å². The fraction of sp³-hybridized carbons (Fsp3) is 0.262. The molecule has 0 aliphatic carbocycles. The Hall–Kier alpha value is -8.69. The number of phosphoric ester groups is 1. The zero-order chi connectivity index (χ0) is 70.5. The van der Waals surface area contributed by atoms with Crippen LogP contribution in [0.5, 0.6) is 0 Å². The molecule has 1 fully saturated rings. The molecular weight excluding hydrogens is 1320 g/mol. The highest BCUT2D eigenvalue weighted by Crippen LogP contribution is 2.52. The van der Waals surface area contributed by atoms with Gasteiger partial charge >= 0.3 is 7.82 Å². The van der Waals surface area contributed by atoms with Crippen LogP contribution in [-0.4, -0.2) is 96.1 Å². The fourth-order valence-electron chi connectivity index (χ4n) is 13.1. The molecule has 1 aromatic heterocycles. The molecule has 1 aliphatic rings. The van der Waals surface area contributed by atoms with Gasteiger partial charge in [0.05, 0.1) is 65.7 Å². The third kappa shape index (κ3) is 18.4. The number of benzene rings is 10. The van der Waals surface area contributed by atoms with Crippen LogP contribution < -0.4 is 10.4 Å². The van der Waals surface area contributed by atoms with Gasteiger partial charge in [-0.1, -0.05) is 329 Å². The molecule has 18 heteroatoms. The van der Waals surface area contributed by atoms with Crippen molar-refractivity contribution in [1.82, 2.24) is 15.0 Å². The van der Waals surface area contributed by atoms with Gasteiger partial charge in [-0.15, -0.1) is 5.10 Å². The summed E-state index contributed by atoms with van der Waals surface area (Å²) in [5.74, 6) is 0. The zero-order valence-corrected chi connectivity index (χ0v) is 59.5. The quantitative estimate of drug-likeness (QED) is 0.0215. The van der Waals surface area contributed by atoms with Gasteiger partial charge in [0.1, 0.15) is 54.0 Å². The van der Waals surface area contributed by atoms with Gasteiger partial charge in [0.25, 0.3) is 8.32 Å². The van der Waals surface area contributed by atoms with E-state index in [-0.39, 0.29) is 52.9 Å². The number of phosphoric acid groups is 1. The summed E-state index contributed by atoms with van der Waals surface area (Å²) in [6, 6.07) is 100. The predicted octanol–water partition coefficient (Wildman–Crippen LogP) is 14.7. The highest BCUT2D eigenvalue weighted by atomic mass is 31.2. The van der Waals surface area contributed by atoms with Crippen molar-refractivity contribution in [2.45, 2.75) is 120 Å². The molecule has 8 atom stereocenters. The number of hydrogen-bond donors (Lipinski definition) is 2. The maximum Gasteiger partial charge on any atom is 0.475 e. The van der Waals surface area contributed by atoms with E-state index >= 15 is 0 Å². The molecular formula is C84H88N3O13PSi. The number of aliphatic hydroxyl groups excluding tert-OH is 2. The lowest BCUT2D eigenvalue weighted by Gasteiger charge is -2.45. The molecule has 1 aliphatic heterocycles. The Labute approximate surface area is 599 Å². The number of hydrogen-bond acceptors (Lipinski definition) is 15. The highest BCUT2D eigenvalue weighted by molar-refractivity contribution is 7.48. The number of aromatic nitrogens is 3. The minimum absolute atomic E-state index is 0.0508. The molecule has 1 saturated heterocycles. The first-order chi connectivity index (χ1) is 49.9. The molecule has 12 rings (SSSR count). The molecule has 0 amide bonds. The Balaban J connectivity index is 0.934. The first-order valence-corrected chi connectivity index (χ1v) is 37.9. The monoisotopic (exact) mass is 1410 g/mol. The van der Waals surface area contributed by atoms with Crippen LogP contribution in [0.1, 0.15) is 77.2 Å². The second kappa shape index (κ2) is 35.5. The largest absolute Gasteiger partial charge is 0.475 e. The van der Waals surface area contributed by atoms with Crippen molar-refractivity contribution in [1.29, 1.82) is 0 Å². The molecule has 526 valence electrons. The van der Waals surface area contributed by atoms with E-state index in [1.54, 1.807) is 6.20 Å². The second-order valence-electron chi connectivity index (χ2n) is 26.3. The maximum atomic E-state index is 14.4. The molecule has 10 aromatic carbocycles. The Morgan fingerprint density at radius 3 is 1.20 bits per heavy atom. The lowest BCUT2D eigenvalue weighted by molar-refractivity contribution is -0.209. The van der Waals surface area contributed by atoms with Gasteiger partial charge in [-0.05, 0) is 59.9 Å². The van der Waals surface area contributed by atoms with Crippen molar-refractivity contribution in [3.8, 4) is 0 Å². The Morgan fingerprint density at radius 2 is 0.794 bits per heavy atom. The number of ether oxygens (including phenoxy) is 6. The number of aliphatic hydroxyl groups is 2. The Kier molecular flexibility index (Phi) is 25.4. The summed E-state index contributed by atoms with van der Waals surface area (Å²) in [5, 5.41) is 34.3. The van der Waals surface area contributed by atoms with Gasteiger partial charge in [-0.25, -0.2) is 9.25 Å². The summed E-state index contributed by atoms with van der Waals surface area (Å²) in [7, 11) is -7.61. The lowest BCUT2D eigenvalue weighted by atomic mass is 9.80. The number of nitrogens with zero attached hydrogens (tertiary/aromatic N) is 3. The summed E-state index contributed by atoms with van der Waals surface area (Å²) in [6.45, 7) is 6.32. The van der Waals surface area contributed by atoms with E-state index in [4.69, 9.17) is 46.4 Å². The standard InChI is InChI=1S/C84H88N3O13PSi/c1-83(2,3)102(73-50-30-12-31-51-73,74-52-32-13-33-53-74)99-63-77(91-55-64-34-14-4-15-35-64)81(94-57-66-38-18-6-19-39-66)80(93-56-65-36-16-5-17-37-65)76(61-95-84(69-44-24-9-25-45-69,70-46-26-10-27-47-70)71-48-28-11-29-49-71)92-60-72-54-87(86-85-72)82-79(89)78(88)75(100-82)62-98-101(90,96-58-67-40-20-7-21-41-67)97-59-68-42-22-8-23-43-68/h4-54,75-82,88-89H,55-63H2,1-3H3/t75-,76-,77+,78-,79-,80-,81-,82-/m1/s1. The first kappa shape index (κ1) is 73.1. The third-order valence-electron chi connectivity index (χ3n) is 18.3. The summed E-state index contributed by atoms with van der Waals surface area (Å²) in [4.78, 5) is 0. The van der Waals surface area contributed by atoms with Gasteiger partial charge in [0.15, 0.2) is 6.23 Å². The van der Waals surface area contributed by atoms with E-state index in [1.165, 1.54) is 4.68 Å². The predicted molar refractivity (Wildman–Crippen MR) is 394 cm³/mol. The van der Waals surface area contributed by atoms with E-state index in [0.29, 0.717) is 5.69 Å². The van der Waals surface area contributed by atoms with Crippen molar-refractivity contribution >= 4 is 26.5 Å². The minimum Gasteiger partial charge on any atom is -0.405 e. The van der Waals surface area contributed by atoms with E-state index < -0.39 is 82.3 Å². The van der Waals surface area contributed by atoms with Crippen LogP contribution in [0.2, 0.25) is 5.04 Å². The third-order valence-corrected chi connectivity index (χ3v) is 24.6. The van der Waals surface area contributed by atoms with Crippen molar-refractivity contribution in [2.24, 2.45) is 0 Å². The van der Waals surface area contributed by atoms with Crippen LogP contribution in [0.25, 0.3) is 0 Å². The van der Waals surface area contributed by atoms with Crippen molar-refractivity contribution in [3.05, 3.63) is 360 Å². The fourth-order valence-corrected chi connectivity index (χ4v) is 18.8. The Morgan fingerprint density at radius 1 is 0.441 bits per heavy atom. The first-order valence-electron chi connectivity index (χ1n) is 34.5. The van der Waals surface area contributed by atoms with Crippen LogP contribution in [-0.2, 0) is 96.2 Å². The molecule has 11 aromatic rings. The van der Waals surface area contributed by atoms with Crippen LogP contribution in [0.15, 0.2) is 310 Å². The second-order valence-corrected chi connectivity index (χ2v) is 32.2. The van der Waals surface area contributed by atoms with Gasteiger partial charge < -0.3 is 43.1 Å². The van der Waals surface area contributed by atoms with Gasteiger partial charge in [0.2, 0.25) is 0 Å². The average Bonchev–Trinajstić information content (AvgIpc) is 0.985. The molecule has 16 nitrogen and oxygen atoms in total. The van der Waals surface area contributed by atoms with Crippen LogP contribution >= 0.6 is 7.82 Å². The molecule has 0 unspecified atom stereocenters. The van der Waals surface area contributed by atoms with Crippen molar-refractivity contribution < 1.29 is 61.2 Å². The molecule has 102 heavy (non-hydrogen) atoms. The zero-order valence-electron chi connectivity index (χ0n) is 57.6. The molecule has 0 spiro atoms. The van der Waals surface area contributed by atoms with Gasteiger partial charge in [-0.2, -0.15) is 0 Å². The molecule has 0 bridgehead atoms. The normalized spacial score (nSPS) is 17.0. The minimum atomic E-state index is -4.32. The molecule has 0 saturated carbocycles. The van der Waals surface area contributed by atoms with Gasteiger partial charge in [0, 0.05) is 0 Å². The van der Waals surface area contributed by atoms with E-state index in [0.717, 1.165) is 54.9 Å². The highest BCUT2D eigenvalue weighted by Gasteiger charge is 2.52. The summed E-state index contributed by atoms with van der Waals surface area (Å²) in [5.41, 5.74) is 5.93. The van der Waals surface area contributed by atoms with Crippen LogP contribution in [0.3, 0.4) is 0 Å². The SMILES string of the molecule is CC(C)(C)[Si](OC[C@H](OCc1ccccc1)[C@@H](OCc1ccccc1)[C@H](OCc1ccccc1)[C@@H](COC(c1ccccc1)(c1ccccc1)c1ccccc1)OCc1cn([C@@H]2O[C@H](COP(=O)(OCc3ccccc3)OCc3ccccc3)[C@@H](O)[C@H]2O)nn1)(c1ccccc1)c1ccccc1. The maximum absolute atomic E-state index is 14.4. The molecule has 2 N–H and O–H groups in total. The van der Waals surface area contributed by atoms with Crippen LogP contribution in [0, 0.1) is 0 Å². The van der Waals surface area contributed by atoms with Crippen molar-refractivity contribution in [3.63, 3.8) is 0 Å². The summed E-state index contributed by atoms with van der Waals surface area (Å²) >= 11 is 0. The topological polar surface area (TPSA) is 181 Å². The lowest BCUT2D eigenvalue weighted by Crippen LogP contribution is -2.67. The summed E-state index contributed by atoms with van der Waals surface area (Å²) < 4.78 is 85.4. The number of rotatable bonds is 36.